The molecule has 5 atom stereocenters. The van der Waals surface area contributed by atoms with Crippen molar-refractivity contribution in [3.8, 4) is 0 Å². The molecular weight excluding hydrogens is 510 g/mol. The van der Waals surface area contributed by atoms with Crippen LogP contribution in [-0.4, -0.2) is 64.1 Å². The Bertz CT molecular complexity index is 927. The summed E-state index contributed by atoms with van der Waals surface area (Å²) in [5.74, 6) is -0.437. The van der Waals surface area contributed by atoms with E-state index in [1.807, 2.05) is 44.2 Å². The van der Waals surface area contributed by atoms with Crippen LogP contribution in [0.2, 0.25) is 0 Å². The third-order valence-electron chi connectivity index (χ3n) is 7.20. The van der Waals surface area contributed by atoms with Crippen molar-refractivity contribution in [2.24, 2.45) is 11.8 Å². The smallest absolute Gasteiger partial charge is 0.408 e. The van der Waals surface area contributed by atoms with E-state index >= 15 is 0 Å². The van der Waals surface area contributed by atoms with Crippen molar-refractivity contribution in [2.75, 3.05) is 0 Å². The van der Waals surface area contributed by atoms with Crippen molar-refractivity contribution in [2.45, 2.75) is 129 Å². The number of aliphatic hydroxyl groups excluding tert-OH is 2. The molecule has 3 amide bonds. The Balaban J connectivity index is 2.10. The molecule has 0 aromatic heterocycles. The van der Waals surface area contributed by atoms with Gasteiger partial charge in [0, 0.05) is 6.42 Å². The number of hydrogen-bond donors (Lipinski definition) is 5. The number of amides is 3. The maximum atomic E-state index is 13.3. The highest BCUT2D eigenvalue weighted by Crippen LogP contribution is 2.29. The van der Waals surface area contributed by atoms with Gasteiger partial charge in [-0.05, 0) is 57.9 Å². The second kappa shape index (κ2) is 16.0. The largest absolute Gasteiger partial charge is 0.444 e. The van der Waals surface area contributed by atoms with Crippen molar-refractivity contribution < 1.29 is 29.3 Å². The molecule has 0 bridgehead atoms. The fraction of sp³-hybridized carbons (Fsp3) is 0.710. The van der Waals surface area contributed by atoms with Crippen LogP contribution in [0.3, 0.4) is 0 Å². The number of ether oxygens (including phenoxy) is 1. The lowest BCUT2D eigenvalue weighted by molar-refractivity contribution is -0.131. The predicted octanol–water partition coefficient (Wildman–Crippen LogP) is 3.85. The molecule has 1 fully saturated rings. The molecule has 5 N–H and O–H groups in total. The zero-order valence-electron chi connectivity index (χ0n) is 25.1. The third kappa shape index (κ3) is 12.3. The fourth-order valence-corrected chi connectivity index (χ4v) is 5.15. The molecule has 0 unspecified atom stereocenters. The van der Waals surface area contributed by atoms with Crippen LogP contribution < -0.4 is 16.0 Å². The van der Waals surface area contributed by atoms with E-state index in [1.54, 1.807) is 27.7 Å². The van der Waals surface area contributed by atoms with Gasteiger partial charge in [-0.1, -0.05) is 76.3 Å². The van der Waals surface area contributed by atoms with E-state index in [4.69, 9.17) is 4.74 Å². The Kier molecular flexibility index (Phi) is 13.4. The first-order valence-electron chi connectivity index (χ1n) is 14.8. The Morgan fingerprint density at radius 3 is 2.12 bits per heavy atom. The Morgan fingerprint density at radius 2 is 1.55 bits per heavy atom. The van der Waals surface area contributed by atoms with Crippen LogP contribution in [0.5, 0.6) is 0 Å². The lowest BCUT2D eigenvalue weighted by Gasteiger charge is -2.33. The number of hydrogen-bond acceptors (Lipinski definition) is 6. The lowest BCUT2D eigenvalue weighted by Crippen LogP contribution is -2.57. The van der Waals surface area contributed by atoms with Crippen molar-refractivity contribution in [3.63, 3.8) is 0 Å². The average molecular weight is 562 g/mol. The molecule has 9 nitrogen and oxygen atoms in total. The van der Waals surface area contributed by atoms with Crippen LogP contribution in [0.15, 0.2) is 30.3 Å². The van der Waals surface area contributed by atoms with Crippen molar-refractivity contribution in [1.29, 1.82) is 0 Å². The number of benzene rings is 1. The minimum absolute atomic E-state index is 0.188. The van der Waals surface area contributed by atoms with E-state index in [0.717, 1.165) is 31.2 Å². The first-order chi connectivity index (χ1) is 18.7. The van der Waals surface area contributed by atoms with E-state index in [9.17, 15) is 24.6 Å². The van der Waals surface area contributed by atoms with Gasteiger partial charge in [-0.3, -0.25) is 9.59 Å². The summed E-state index contributed by atoms with van der Waals surface area (Å²) >= 11 is 0. The van der Waals surface area contributed by atoms with Gasteiger partial charge in [-0.2, -0.15) is 0 Å². The van der Waals surface area contributed by atoms with Crippen LogP contribution in [0, 0.1) is 11.8 Å². The van der Waals surface area contributed by atoms with E-state index in [1.165, 1.54) is 6.42 Å². The molecule has 1 aromatic carbocycles. The summed E-state index contributed by atoms with van der Waals surface area (Å²) < 4.78 is 5.35. The molecule has 1 aromatic rings. The second-order valence-corrected chi connectivity index (χ2v) is 12.7. The minimum atomic E-state index is -1.11. The van der Waals surface area contributed by atoms with Gasteiger partial charge in [0.15, 0.2) is 0 Å². The number of aliphatic hydroxyl groups is 2. The molecule has 0 heterocycles. The van der Waals surface area contributed by atoms with Crippen LogP contribution in [-0.2, 0) is 20.7 Å². The van der Waals surface area contributed by atoms with Crippen LogP contribution in [0.25, 0.3) is 0 Å². The Hall–Kier alpha value is -2.65. The minimum Gasteiger partial charge on any atom is -0.444 e. The van der Waals surface area contributed by atoms with E-state index in [2.05, 4.69) is 16.0 Å². The molecule has 0 radical (unpaired) electrons. The van der Waals surface area contributed by atoms with E-state index in [-0.39, 0.29) is 12.3 Å². The summed E-state index contributed by atoms with van der Waals surface area (Å²) in [5, 5.41) is 29.9. The van der Waals surface area contributed by atoms with Gasteiger partial charge in [0.05, 0.1) is 12.1 Å². The van der Waals surface area contributed by atoms with Gasteiger partial charge >= 0.3 is 6.09 Å². The predicted molar refractivity (Wildman–Crippen MR) is 155 cm³/mol. The van der Waals surface area contributed by atoms with Crippen molar-refractivity contribution in [1.82, 2.24) is 16.0 Å². The summed E-state index contributed by atoms with van der Waals surface area (Å²) in [7, 11) is 0. The zero-order chi connectivity index (χ0) is 29.9. The van der Waals surface area contributed by atoms with Crippen molar-refractivity contribution >= 4 is 17.9 Å². The quantitative estimate of drug-likeness (QED) is 0.248. The highest BCUT2D eigenvalue weighted by Gasteiger charge is 2.33. The monoisotopic (exact) mass is 561 g/mol. The van der Waals surface area contributed by atoms with Gasteiger partial charge in [0.1, 0.15) is 23.8 Å². The zero-order valence-corrected chi connectivity index (χ0v) is 25.1. The number of carbonyl (C=O) groups is 3. The highest BCUT2D eigenvalue weighted by atomic mass is 16.6. The molecule has 226 valence electrons. The lowest BCUT2D eigenvalue weighted by atomic mass is 9.82. The van der Waals surface area contributed by atoms with Crippen LogP contribution >= 0.6 is 0 Å². The maximum Gasteiger partial charge on any atom is 0.408 e. The number of rotatable bonds is 13. The first kappa shape index (κ1) is 33.6. The molecule has 0 saturated heterocycles. The third-order valence-corrected chi connectivity index (χ3v) is 7.20. The van der Waals surface area contributed by atoms with E-state index < -0.39 is 53.8 Å². The number of carbonyl (C=O) groups excluding carboxylic acids is 3. The summed E-state index contributed by atoms with van der Waals surface area (Å²) in [6.07, 6.45) is 3.89. The Morgan fingerprint density at radius 1 is 0.925 bits per heavy atom. The van der Waals surface area contributed by atoms with Crippen LogP contribution in [0.4, 0.5) is 4.79 Å². The SMILES string of the molecule is CC(C)C[C@H](O)[C@H](O)[C@H](CC1CCCCC1)NC(=O)[C@H](C)NC(=O)[C@H](Cc1ccccc1)NC(=O)OC(C)(C)C. The summed E-state index contributed by atoms with van der Waals surface area (Å²) in [6, 6.07) is 6.73. The normalized spacial score (nSPS) is 18.2. The average Bonchev–Trinajstić information content (AvgIpc) is 2.87. The van der Waals surface area contributed by atoms with Gasteiger partial charge < -0.3 is 30.9 Å². The summed E-state index contributed by atoms with van der Waals surface area (Å²) in [4.78, 5) is 39.0. The number of alkyl carbamates (subject to hydrolysis) is 1. The van der Waals surface area contributed by atoms with Gasteiger partial charge in [0.2, 0.25) is 11.8 Å². The maximum absolute atomic E-state index is 13.3. The molecule has 9 heteroatoms. The molecular formula is C31H51N3O6. The van der Waals surface area contributed by atoms with E-state index in [0.29, 0.717) is 18.8 Å². The molecule has 0 aliphatic heterocycles. The molecule has 40 heavy (non-hydrogen) atoms. The van der Waals surface area contributed by atoms with Gasteiger partial charge in [-0.25, -0.2) is 4.79 Å². The summed E-state index contributed by atoms with van der Waals surface area (Å²) in [6.45, 7) is 10.7. The standard InChI is InChI=1S/C31H51N3O6/c1-20(2)17-26(35)27(36)24(18-22-13-9-7-10-14-22)33-28(37)21(3)32-29(38)25(19-23-15-11-8-12-16-23)34-30(39)40-31(4,5)6/h8,11-12,15-16,20-22,24-27,35-36H,7,9-10,13-14,17-19H2,1-6H3,(H,32,38)(H,33,37)(H,34,39)/t21-,24-,25-,26-,27+/m0/s1. The van der Waals surface area contributed by atoms with Crippen molar-refractivity contribution in [3.05, 3.63) is 35.9 Å². The van der Waals surface area contributed by atoms with Gasteiger partial charge in [0.25, 0.3) is 0 Å². The van der Waals surface area contributed by atoms with Crippen LogP contribution in [0.1, 0.15) is 92.1 Å². The summed E-state index contributed by atoms with van der Waals surface area (Å²) in [5.41, 5.74) is 0.102. The molecule has 2 rings (SSSR count). The first-order valence-corrected chi connectivity index (χ1v) is 14.8. The Labute approximate surface area is 239 Å². The molecule has 1 saturated carbocycles. The fourth-order valence-electron chi connectivity index (χ4n) is 5.15. The molecule has 1 aliphatic rings. The molecule has 1 aliphatic carbocycles. The van der Waals surface area contributed by atoms with Gasteiger partial charge in [-0.15, -0.1) is 0 Å². The topological polar surface area (TPSA) is 137 Å². The number of nitrogens with one attached hydrogen (secondary N) is 3. The second-order valence-electron chi connectivity index (χ2n) is 12.7. The highest BCUT2D eigenvalue weighted by molar-refractivity contribution is 5.91. The molecule has 0 spiro atoms.